The molecule has 26 heavy (non-hydrogen) atoms. The van der Waals surface area contributed by atoms with E-state index >= 15 is 0 Å². The summed E-state index contributed by atoms with van der Waals surface area (Å²) < 4.78 is 13.4. The van der Waals surface area contributed by atoms with Gasteiger partial charge in [0, 0.05) is 43.0 Å². The largest absolute Gasteiger partial charge is 0.339 e. The first-order chi connectivity index (χ1) is 12.2. The van der Waals surface area contributed by atoms with E-state index in [-0.39, 0.29) is 17.6 Å². The van der Waals surface area contributed by atoms with Crippen molar-refractivity contribution in [3.05, 3.63) is 41.3 Å². The van der Waals surface area contributed by atoms with Crippen LogP contribution in [0.15, 0.2) is 24.3 Å². The number of hydrogen-bond acceptors (Lipinski definition) is 3. The number of pyridine rings is 1. The Bertz CT molecular complexity index is 865. The fourth-order valence-corrected chi connectivity index (χ4v) is 3.21. The average molecular weight is 357 g/mol. The molecule has 0 N–H and O–H groups in total. The highest BCUT2D eigenvalue weighted by atomic mass is 19.1. The van der Waals surface area contributed by atoms with E-state index in [4.69, 9.17) is 0 Å². The molecule has 6 heteroatoms. The molecule has 1 aromatic heterocycles. The third-order valence-electron chi connectivity index (χ3n) is 4.70. The van der Waals surface area contributed by atoms with Gasteiger partial charge in [-0.05, 0) is 25.1 Å². The van der Waals surface area contributed by atoms with Crippen molar-refractivity contribution in [1.82, 2.24) is 14.8 Å². The Morgan fingerprint density at radius 3 is 2.27 bits per heavy atom. The van der Waals surface area contributed by atoms with Gasteiger partial charge in [0.1, 0.15) is 5.82 Å². The van der Waals surface area contributed by atoms with Crippen LogP contribution < -0.4 is 0 Å². The Hall–Kier alpha value is -2.50. The number of benzene rings is 1. The summed E-state index contributed by atoms with van der Waals surface area (Å²) in [7, 11) is 0. The summed E-state index contributed by atoms with van der Waals surface area (Å²) in [5, 5.41) is 0.738. The minimum absolute atomic E-state index is 0.0934. The smallest absolute Gasteiger partial charge is 0.255 e. The van der Waals surface area contributed by atoms with Crippen molar-refractivity contribution in [3.63, 3.8) is 0 Å². The number of aromatic nitrogens is 1. The summed E-state index contributed by atoms with van der Waals surface area (Å²) in [6.45, 7) is 9.54. The molecule has 0 radical (unpaired) electrons. The number of rotatable bonds is 1. The zero-order valence-electron chi connectivity index (χ0n) is 15.7. The number of hydrogen-bond donors (Lipinski definition) is 0. The molecule has 2 heterocycles. The zero-order chi connectivity index (χ0) is 19.1. The lowest BCUT2D eigenvalue weighted by molar-refractivity contribution is -0.140. The molecule has 1 saturated heterocycles. The van der Waals surface area contributed by atoms with E-state index in [1.807, 2.05) is 25.7 Å². The first kappa shape index (κ1) is 18.3. The highest BCUT2D eigenvalue weighted by molar-refractivity contribution is 5.98. The van der Waals surface area contributed by atoms with Crippen LogP contribution in [0, 0.1) is 18.2 Å². The number of carbonyl (C=O) groups is 2. The van der Waals surface area contributed by atoms with E-state index in [9.17, 15) is 14.0 Å². The van der Waals surface area contributed by atoms with Crippen LogP contribution in [0.25, 0.3) is 10.9 Å². The molecule has 3 rings (SSSR count). The number of piperazine rings is 1. The predicted octanol–water partition coefficient (Wildman–Crippen LogP) is 3.01. The average Bonchev–Trinajstić information content (AvgIpc) is 2.59. The van der Waals surface area contributed by atoms with Crippen LogP contribution >= 0.6 is 0 Å². The van der Waals surface area contributed by atoms with Crippen molar-refractivity contribution in [2.75, 3.05) is 26.2 Å². The minimum atomic E-state index is -0.416. The van der Waals surface area contributed by atoms with Gasteiger partial charge in [-0.2, -0.15) is 0 Å². The second-order valence-corrected chi connectivity index (χ2v) is 7.79. The van der Waals surface area contributed by atoms with Crippen LogP contribution in [-0.4, -0.2) is 52.8 Å². The topological polar surface area (TPSA) is 53.5 Å². The molecule has 1 aromatic carbocycles. The van der Waals surface area contributed by atoms with Crippen molar-refractivity contribution in [2.45, 2.75) is 27.7 Å². The lowest BCUT2D eigenvalue weighted by Gasteiger charge is -2.37. The maximum absolute atomic E-state index is 13.4. The Morgan fingerprint density at radius 1 is 1.04 bits per heavy atom. The van der Waals surface area contributed by atoms with Gasteiger partial charge in [0.2, 0.25) is 5.91 Å². The zero-order valence-corrected chi connectivity index (χ0v) is 15.7. The molecule has 0 bridgehead atoms. The van der Waals surface area contributed by atoms with Gasteiger partial charge in [0.25, 0.3) is 5.91 Å². The van der Waals surface area contributed by atoms with E-state index < -0.39 is 5.41 Å². The van der Waals surface area contributed by atoms with Gasteiger partial charge in [0.15, 0.2) is 0 Å². The first-order valence-electron chi connectivity index (χ1n) is 8.82. The molecule has 0 spiro atoms. The van der Waals surface area contributed by atoms with Crippen LogP contribution in [0.2, 0.25) is 0 Å². The number of halogens is 1. The van der Waals surface area contributed by atoms with Crippen LogP contribution in [0.1, 0.15) is 36.8 Å². The highest BCUT2D eigenvalue weighted by Crippen LogP contribution is 2.21. The Labute approximate surface area is 152 Å². The quantitative estimate of drug-likeness (QED) is 0.788. The van der Waals surface area contributed by atoms with E-state index in [1.54, 1.807) is 24.0 Å². The summed E-state index contributed by atoms with van der Waals surface area (Å²) in [5.74, 6) is -0.331. The molecule has 0 aliphatic carbocycles. The maximum atomic E-state index is 13.4. The third kappa shape index (κ3) is 3.54. The van der Waals surface area contributed by atoms with Gasteiger partial charge < -0.3 is 9.80 Å². The molecule has 2 aromatic rings. The van der Waals surface area contributed by atoms with Gasteiger partial charge in [0.05, 0.1) is 16.8 Å². The van der Waals surface area contributed by atoms with Crippen LogP contribution in [0.3, 0.4) is 0 Å². The van der Waals surface area contributed by atoms with Gasteiger partial charge in [-0.15, -0.1) is 0 Å². The number of nitrogens with zero attached hydrogens (tertiary/aromatic N) is 3. The second kappa shape index (κ2) is 6.67. The molecule has 1 aliphatic rings. The lowest BCUT2D eigenvalue weighted by atomic mass is 9.94. The molecule has 0 saturated carbocycles. The summed E-state index contributed by atoms with van der Waals surface area (Å²) in [4.78, 5) is 33.2. The van der Waals surface area contributed by atoms with Gasteiger partial charge in [-0.1, -0.05) is 20.8 Å². The SMILES string of the molecule is Cc1nc2cc(F)ccc2cc1C(=O)N1CCN(C(=O)C(C)(C)C)CC1. The summed E-state index contributed by atoms with van der Waals surface area (Å²) in [5.41, 5.74) is 1.24. The fraction of sp³-hybridized carbons (Fsp3) is 0.450. The Kier molecular flexibility index (Phi) is 4.69. The standard InChI is InChI=1S/C20H24FN3O2/c1-13-16(11-14-5-6-15(21)12-17(14)22-13)18(25)23-7-9-24(10-8-23)19(26)20(2,3)4/h5-6,11-12H,7-10H2,1-4H3. The Balaban J connectivity index is 1.77. The predicted molar refractivity (Wildman–Crippen MR) is 98.4 cm³/mol. The van der Waals surface area contributed by atoms with Crippen molar-refractivity contribution >= 4 is 22.7 Å². The minimum Gasteiger partial charge on any atom is -0.339 e. The van der Waals surface area contributed by atoms with Crippen LogP contribution in [0.5, 0.6) is 0 Å². The number of aryl methyl sites for hydroxylation is 1. The van der Waals surface area contributed by atoms with Crippen LogP contribution in [-0.2, 0) is 4.79 Å². The normalized spacial score (nSPS) is 15.4. The van der Waals surface area contributed by atoms with Crippen molar-refractivity contribution in [2.24, 2.45) is 5.41 Å². The van der Waals surface area contributed by atoms with E-state index in [0.717, 1.165) is 5.39 Å². The van der Waals surface area contributed by atoms with Gasteiger partial charge >= 0.3 is 0 Å². The number of fused-ring (bicyclic) bond motifs is 1. The van der Waals surface area contributed by atoms with Crippen LogP contribution in [0.4, 0.5) is 4.39 Å². The molecule has 138 valence electrons. The maximum Gasteiger partial charge on any atom is 0.255 e. The van der Waals surface area contributed by atoms with Gasteiger partial charge in [-0.3, -0.25) is 14.6 Å². The molecule has 0 unspecified atom stereocenters. The molecule has 2 amide bonds. The molecule has 5 nitrogen and oxygen atoms in total. The fourth-order valence-electron chi connectivity index (χ4n) is 3.21. The second-order valence-electron chi connectivity index (χ2n) is 7.79. The number of amides is 2. The molecule has 0 atom stereocenters. The van der Waals surface area contributed by atoms with E-state index in [1.165, 1.54) is 12.1 Å². The summed E-state index contributed by atoms with van der Waals surface area (Å²) in [6, 6.07) is 6.14. The monoisotopic (exact) mass is 357 g/mol. The first-order valence-corrected chi connectivity index (χ1v) is 8.82. The molecule has 1 fully saturated rings. The van der Waals surface area contributed by atoms with E-state index in [0.29, 0.717) is 43.0 Å². The lowest BCUT2D eigenvalue weighted by Crippen LogP contribution is -2.53. The summed E-state index contributed by atoms with van der Waals surface area (Å²) >= 11 is 0. The third-order valence-corrected chi connectivity index (χ3v) is 4.70. The van der Waals surface area contributed by atoms with E-state index in [2.05, 4.69) is 4.98 Å². The summed E-state index contributed by atoms with van der Waals surface area (Å²) in [6.07, 6.45) is 0. The molecular formula is C20H24FN3O2. The number of carbonyl (C=O) groups excluding carboxylic acids is 2. The highest BCUT2D eigenvalue weighted by Gasteiger charge is 2.31. The van der Waals surface area contributed by atoms with Crippen molar-refractivity contribution < 1.29 is 14.0 Å². The van der Waals surface area contributed by atoms with Crippen molar-refractivity contribution in [3.8, 4) is 0 Å². The van der Waals surface area contributed by atoms with Gasteiger partial charge in [-0.25, -0.2) is 4.39 Å². The molecule has 1 aliphatic heterocycles. The van der Waals surface area contributed by atoms with Crippen molar-refractivity contribution in [1.29, 1.82) is 0 Å². The Morgan fingerprint density at radius 2 is 1.65 bits per heavy atom. The molecular weight excluding hydrogens is 333 g/mol.